The summed E-state index contributed by atoms with van der Waals surface area (Å²) in [6.07, 6.45) is 0.876. The Morgan fingerprint density at radius 1 is 0.873 bits per heavy atom. The van der Waals surface area contributed by atoms with Crippen LogP contribution >= 0.6 is 0 Å². The lowest BCUT2D eigenvalue weighted by atomic mass is 9.94. The zero-order chi connectivity index (χ0) is 40.4. The number of hydrogen-bond donors (Lipinski definition) is 2. The first kappa shape index (κ1) is 44.9. The predicted octanol–water partition coefficient (Wildman–Crippen LogP) is 5.40. The molecule has 0 saturated heterocycles. The Balaban J connectivity index is 1.41. The number of aliphatic carboxylic acids is 1. The fourth-order valence-corrected chi connectivity index (χ4v) is 5.56. The number of ether oxygens (including phenoxy) is 6. The SMILES string of the molecule is CN(C(=O)OC(C)(C)C)c1cccc(CCOc2ccc3c(c2)CN(CCCOCCOCCOCCCNC(=O)OC(C)(C)C)C(=O)C(CC(=O)O)C3)n1. The Labute approximate surface area is 324 Å². The number of rotatable bonds is 21. The van der Waals surface area contributed by atoms with Gasteiger partial charge in [-0.05, 0) is 96.2 Å². The van der Waals surface area contributed by atoms with E-state index in [1.54, 1.807) is 18.0 Å². The molecule has 2 aromatic rings. The van der Waals surface area contributed by atoms with E-state index in [9.17, 15) is 24.3 Å². The lowest BCUT2D eigenvalue weighted by molar-refractivity contribution is -0.144. The summed E-state index contributed by atoms with van der Waals surface area (Å²) < 4.78 is 33.5. The fraction of sp³-hybridized carbons (Fsp3) is 0.625. The lowest BCUT2D eigenvalue weighted by Gasteiger charge is -2.24. The van der Waals surface area contributed by atoms with Gasteiger partial charge in [-0.1, -0.05) is 12.1 Å². The van der Waals surface area contributed by atoms with Gasteiger partial charge < -0.3 is 43.7 Å². The van der Waals surface area contributed by atoms with Crippen molar-refractivity contribution >= 4 is 29.9 Å². The summed E-state index contributed by atoms with van der Waals surface area (Å²) in [6.45, 7) is 14.9. The maximum absolute atomic E-state index is 13.5. The van der Waals surface area contributed by atoms with Crippen molar-refractivity contribution in [3.05, 3.63) is 53.2 Å². The molecule has 1 aromatic heterocycles. The van der Waals surface area contributed by atoms with E-state index in [0.717, 1.165) is 16.8 Å². The number of nitrogens with zero attached hydrogens (tertiary/aromatic N) is 3. The second-order valence-corrected chi connectivity index (χ2v) is 15.3. The number of benzene rings is 1. The smallest absolute Gasteiger partial charge is 0.415 e. The molecule has 3 rings (SSSR count). The van der Waals surface area contributed by atoms with E-state index in [4.69, 9.17) is 28.4 Å². The fourth-order valence-electron chi connectivity index (χ4n) is 5.56. The van der Waals surface area contributed by atoms with E-state index in [0.29, 0.717) is 103 Å². The van der Waals surface area contributed by atoms with E-state index < -0.39 is 35.3 Å². The van der Waals surface area contributed by atoms with Crippen molar-refractivity contribution in [2.75, 3.05) is 71.3 Å². The molecule has 3 amide bonds. The van der Waals surface area contributed by atoms with Crippen LogP contribution in [0.25, 0.3) is 0 Å². The van der Waals surface area contributed by atoms with Crippen molar-refractivity contribution in [3.63, 3.8) is 0 Å². The number of aromatic nitrogens is 1. The third-order valence-corrected chi connectivity index (χ3v) is 8.11. The monoisotopic (exact) mass is 772 g/mol. The predicted molar refractivity (Wildman–Crippen MR) is 205 cm³/mol. The van der Waals surface area contributed by atoms with E-state index in [-0.39, 0.29) is 12.3 Å². The van der Waals surface area contributed by atoms with Gasteiger partial charge in [0.2, 0.25) is 5.91 Å². The second-order valence-electron chi connectivity index (χ2n) is 15.3. The molecule has 15 heteroatoms. The summed E-state index contributed by atoms with van der Waals surface area (Å²) in [5, 5.41) is 12.2. The quantitative estimate of drug-likeness (QED) is 0.155. The summed E-state index contributed by atoms with van der Waals surface area (Å²) in [7, 11) is 1.62. The molecule has 0 radical (unpaired) electrons. The van der Waals surface area contributed by atoms with Crippen molar-refractivity contribution < 1.29 is 52.7 Å². The van der Waals surface area contributed by atoms with Crippen LogP contribution in [0.1, 0.15) is 77.6 Å². The van der Waals surface area contributed by atoms with Gasteiger partial charge in [0, 0.05) is 52.0 Å². The van der Waals surface area contributed by atoms with Gasteiger partial charge in [-0.2, -0.15) is 0 Å². The Morgan fingerprint density at radius 2 is 1.53 bits per heavy atom. The molecule has 0 bridgehead atoms. The van der Waals surface area contributed by atoms with Gasteiger partial charge in [-0.25, -0.2) is 14.6 Å². The minimum Gasteiger partial charge on any atom is -0.493 e. The zero-order valence-corrected chi connectivity index (χ0v) is 33.5. The molecule has 55 heavy (non-hydrogen) atoms. The molecule has 2 N–H and O–H groups in total. The van der Waals surface area contributed by atoms with E-state index >= 15 is 0 Å². The Bertz CT molecular complexity index is 1540. The minimum atomic E-state index is -1.01. The molecule has 15 nitrogen and oxygen atoms in total. The Hall–Kier alpha value is -4.47. The maximum atomic E-state index is 13.5. The molecule has 1 aliphatic heterocycles. The van der Waals surface area contributed by atoms with Gasteiger partial charge >= 0.3 is 18.2 Å². The number of carboxylic acids is 1. The summed E-state index contributed by atoms with van der Waals surface area (Å²) in [4.78, 5) is 56.9. The van der Waals surface area contributed by atoms with Gasteiger partial charge in [0.25, 0.3) is 0 Å². The van der Waals surface area contributed by atoms with Crippen molar-refractivity contribution in [2.24, 2.45) is 5.92 Å². The number of nitrogens with one attached hydrogen (secondary N) is 1. The van der Waals surface area contributed by atoms with Gasteiger partial charge in [0.15, 0.2) is 0 Å². The van der Waals surface area contributed by atoms with Crippen LogP contribution in [0.3, 0.4) is 0 Å². The molecule has 1 aromatic carbocycles. The van der Waals surface area contributed by atoms with Crippen LogP contribution in [0.5, 0.6) is 5.75 Å². The van der Waals surface area contributed by atoms with E-state index in [2.05, 4.69) is 10.3 Å². The number of carbonyl (C=O) groups excluding carboxylic acids is 3. The van der Waals surface area contributed by atoms with Crippen LogP contribution in [0.2, 0.25) is 0 Å². The number of alkyl carbamates (subject to hydrolysis) is 1. The molecule has 1 aliphatic rings. The van der Waals surface area contributed by atoms with Crippen LogP contribution in [0.4, 0.5) is 15.4 Å². The lowest BCUT2D eigenvalue weighted by Crippen LogP contribution is -2.36. The van der Waals surface area contributed by atoms with Crippen LogP contribution < -0.4 is 15.0 Å². The molecular weight excluding hydrogens is 712 g/mol. The highest BCUT2D eigenvalue weighted by atomic mass is 16.6. The molecule has 0 fully saturated rings. The molecular formula is C40H60N4O11. The first-order chi connectivity index (χ1) is 26.0. The highest BCUT2D eigenvalue weighted by molar-refractivity contribution is 5.86. The van der Waals surface area contributed by atoms with Crippen molar-refractivity contribution in [3.8, 4) is 5.75 Å². The second kappa shape index (κ2) is 22.2. The molecule has 1 unspecified atom stereocenters. The largest absolute Gasteiger partial charge is 0.493 e. The van der Waals surface area contributed by atoms with E-state index in [1.807, 2.05) is 71.9 Å². The maximum Gasteiger partial charge on any atom is 0.415 e. The first-order valence-corrected chi connectivity index (χ1v) is 18.9. The summed E-state index contributed by atoms with van der Waals surface area (Å²) in [6, 6.07) is 11.1. The molecule has 0 saturated carbocycles. The highest BCUT2D eigenvalue weighted by Crippen LogP contribution is 2.28. The summed E-state index contributed by atoms with van der Waals surface area (Å²) >= 11 is 0. The van der Waals surface area contributed by atoms with Crippen LogP contribution in [0, 0.1) is 5.92 Å². The van der Waals surface area contributed by atoms with Gasteiger partial charge in [0.05, 0.1) is 45.4 Å². The molecule has 0 spiro atoms. The number of carboxylic acid groups (broad SMARTS) is 1. The third kappa shape index (κ3) is 17.7. The number of pyridine rings is 1. The Morgan fingerprint density at radius 3 is 2.18 bits per heavy atom. The van der Waals surface area contributed by atoms with Crippen molar-refractivity contribution in [2.45, 2.75) is 91.4 Å². The number of amides is 3. The number of fused-ring (bicyclic) bond motifs is 1. The van der Waals surface area contributed by atoms with Gasteiger partial charge in [-0.3, -0.25) is 14.5 Å². The summed E-state index contributed by atoms with van der Waals surface area (Å²) in [5.41, 5.74) is 1.43. The highest BCUT2D eigenvalue weighted by Gasteiger charge is 2.31. The van der Waals surface area contributed by atoms with Gasteiger partial charge in [-0.15, -0.1) is 0 Å². The average molecular weight is 773 g/mol. The molecule has 1 atom stereocenters. The Kier molecular flexibility index (Phi) is 18.1. The third-order valence-electron chi connectivity index (χ3n) is 8.11. The number of anilines is 1. The van der Waals surface area contributed by atoms with Crippen LogP contribution in [-0.2, 0) is 52.7 Å². The van der Waals surface area contributed by atoms with E-state index in [1.165, 1.54) is 4.90 Å². The molecule has 306 valence electrons. The van der Waals surface area contributed by atoms with Crippen molar-refractivity contribution in [1.82, 2.24) is 15.2 Å². The first-order valence-electron chi connectivity index (χ1n) is 18.9. The zero-order valence-electron chi connectivity index (χ0n) is 33.5. The van der Waals surface area contributed by atoms with Crippen LogP contribution in [0.15, 0.2) is 36.4 Å². The topological polar surface area (TPSA) is 175 Å². The summed E-state index contributed by atoms with van der Waals surface area (Å²) in [5.74, 6) is -0.764. The number of carbonyl (C=O) groups is 4. The van der Waals surface area contributed by atoms with Crippen LogP contribution in [-0.4, -0.2) is 117 Å². The number of hydrogen-bond acceptors (Lipinski definition) is 11. The van der Waals surface area contributed by atoms with Crippen molar-refractivity contribution in [1.29, 1.82) is 0 Å². The molecule has 2 heterocycles. The average Bonchev–Trinajstić information content (AvgIpc) is 3.21. The minimum absolute atomic E-state index is 0.188. The standard InChI is InChI=1S/C40H60N4O11/c1-39(2,3)54-37(48)41-16-9-18-50-21-23-52-24-22-51-19-10-17-44-28-31-26-33(14-13-29(31)25-30(36(44)47)27-35(45)46)53-20-15-32-11-8-12-34(42-32)43(7)38(49)55-40(4,5)6/h8,11-14,26,30H,9-10,15-25,27-28H2,1-7H3,(H,41,48)(H,45,46). The molecule has 0 aliphatic carbocycles. The van der Waals surface area contributed by atoms with Gasteiger partial charge in [0.1, 0.15) is 22.8 Å². The normalized spacial score (nSPS) is 14.5.